The Morgan fingerprint density at radius 2 is 1.19 bits per heavy atom. The summed E-state index contributed by atoms with van der Waals surface area (Å²) >= 11 is 6.02. The second kappa shape index (κ2) is 6.88. The fraction of sp³-hybridized carbons (Fsp3) is 0.105. The number of hydrogen-bond acceptors (Lipinski definition) is 1. The van der Waals surface area contributed by atoms with Crippen LogP contribution in [0.25, 0.3) is 22.3 Å². The van der Waals surface area contributed by atoms with Crippen LogP contribution in [0.2, 0.25) is 5.15 Å². The first-order valence-electron chi connectivity index (χ1n) is 7.56. The van der Waals surface area contributed by atoms with Gasteiger partial charge in [0.2, 0.25) is 0 Å². The van der Waals surface area contributed by atoms with Gasteiger partial charge >= 0.3 is 12.4 Å². The molecule has 0 aliphatic heterocycles. The van der Waals surface area contributed by atoms with Gasteiger partial charge in [0.05, 0.1) is 11.1 Å². The molecule has 0 aliphatic carbocycles. The van der Waals surface area contributed by atoms with Crippen LogP contribution in [0.1, 0.15) is 11.1 Å². The van der Waals surface area contributed by atoms with E-state index in [0.29, 0.717) is 5.56 Å². The molecule has 1 heterocycles. The average Bonchev–Trinajstić information content (AvgIpc) is 2.61. The predicted octanol–water partition coefficient (Wildman–Crippen LogP) is 7.11. The van der Waals surface area contributed by atoms with Crippen LogP contribution in [-0.2, 0) is 12.4 Å². The van der Waals surface area contributed by atoms with Gasteiger partial charge < -0.3 is 0 Å². The van der Waals surface area contributed by atoms with Gasteiger partial charge in [0, 0.05) is 17.3 Å². The van der Waals surface area contributed by atoms with Crippen LogP contribution in [0, 0.1) is 0 Å². The van der Waals surface area contributed by atoms with Crippen molar-refractivity contribution >= 4 is 11.6 Å². The lowest BCUT2D eigenvalue weighted by atomic mass is 9.99. The maximum atomic E-state index is 12.9. The molecule has 0 amide bonds. The number of aromatic nitrogens is 1. The van der Waals surface area contributed by atoms with Crippen LogP contribution in [-0.4, -0.2) is 4.98 Å². The van der Waals surface area contributed by atoms with Crippen molar-refractivity contribution in [3.05, 3.63) is 77.1 Å². The van der Waals surface area contributed by atoms with Crippen LogP contribution in [0.5, 0.6) is 0 Å². The van der Waals surface area contributed by atoms with Gasteiger partial charge in [-0.05, 0) is 41.5 Å². The minimum absolute atomic E-state index is 0.0509. The first-order chi connectivity index (χ1) is 12.6. The molecule has 8 heteroatoms. The highest BCUT2D eigenvalue weighted by Crippen LogP contribution is 2.36. The van der Waals surface area contributed by atoms with E-state index in [4.69, 9.17) is 11.6 Å². The molecule has 0 aliphatic rings. The summed E-state index contributed by atoms with van der Waals surface area (Å²) < 4.78 is 77.5. The second-order valence-electron chi connectivity index (χ2n) is 5.72. The third-order valence-electron chi connectivity index (χ3n) is 3.86. The molecule has 1 aromatic heterocycles. The minimum atomic E-state index is -4.53. The molecule has 27 heavy (non-hydrogen) atoms. The fourth-order valence-electron chi connectivity index (χ4n) is 2.55. The topological polar surface area (TPSA) is 12.9 Å². The maximum absolute atomic E-state index is 12.9. The molecule has 0 bridgehead atoms. The Labute approximate surface area is 155 Å². The van der Waals surface area contributed by atoms with Gasteiger partial charge in [0.15, 0.2) is 0 Å². The lowest BCUT2D eigenvalue weighted by Crippen LogP contribution is -2.05. The molecule has 0 saturated heterocycles. The minimum Gasteiger partial charge on any atom is -0.243 e. The van der Waals surface area contributed by atoms with Crippen LogP contribution in [0.4, 0.5) is 26.3 Å². The summed E-state index contributed by atoms with van der Waals surface area (Å²) in [5.41, 5.74) is -0.815. The Kier molecular flexibility index (Phi) is 4.90. The molecule has 2 aromatic carbocycles. The SMILES string of the molecule is FC(F)(F)c1cccc(-c2cnc(Cl)c(-c3cccc(C(F)(F)F)c3)c2)c1. The predicted molar refractivity (Wildman–Crippen MR) is 90.1 cm³/mol. The van der Waals surface area contributed by atoms with Gasteiger partial charge in [-0.1, -0.05) is 35.9 Å². The van der Waals surface area contributed by atoms with E-state index in [1.54, 1.807) is 0 Å². The molecule has 0 N–H and O–H groups in total. The summed E-state index contributed by atoms with van der Waals surface area (Å²) in [6, 6.07) is 10.5. The average molecular weight is 402 g/mol. The molecule has 0 saturated carbocycles. The summed E-state index contributed by atoms with van der Waals surface area (Å²) in [5, 5.41) is -0.0509. The lowest BCUT2D eigenvalue weighted by molar-refractivity contribution is -0.138. The Bertz CT molecular complexity index is 978. The van der Waals surface area contributed by atoms with Crippen molar-refractivity contribution in [1.82, 2.24) is 4.98 Å². The molecular weight excluding hydrogens is 392 g/mol. The normalized spacial score (nSPS) is 12.3. The number of hydrogen-bond donors (Lipinski definition) is 0. The van der Waals surface area contributed by atoms with Crippen molar-refractivity contribution in [3.8, 4) is 22.3 Å². The van der Waals surface area contributed by atoms with Crippen molar-refractivity contribution in [1.29, 1.82) is 0 Å². The first kappa shape index (κ1) is 19.2. The van der Waals surface area contributed by atoms with E-state index in [2.05, 4.69) is 4.98 Å². The van der Waals surface area contributed by atoms with Crippen molar-refractivity contribution in [2.24, 2.45) is 0 Å². The molecule has 140 valence electrons. The van der Waals surface area contributed by atoms with Crippen LogP contribution in [0.15, 0.2) is 60.8 Å². The highest BCUT2D eigenvalue weighted by Gasteiger charge is 2.31. The Morgan fingerprint density at radius 3 is 1.74 bits per heavy atom. The molecule has 1 nitrogen and oxygen atoms in total. The van der Waals surface area contributed by atoms with Gasteiger partial charge in [-0.2, -0.15) is 26.3 Å². The zero-order chi connectivity index (χ0) is 19.8. The molecule has 0 radical (unpaired) electrons. The number of benzene rings is 2. The standard InChI is InChI=1S/C19H10ClF6N/c20-17-16(12-4-2-6-15(8-12)19(24,25)26)9-13(10-27-17)11-3-1-5-14(7-11)18(21,22)23/h1-10H. The summed E-state index contributed by atoms with van der Waals surface area (Å²) in [7, 11) is 0. The monoisotopic (exact) mass is 401 g/mol. The third kappa shape index (κ3) is 4.24. The van der Waals surface area contributed by atoms with Gasteiger partial charge in [-0.3, -0.25) is 0 Å². The lowest BCUT2D eigenvalue weighted by Gasteiger charge is -2.12. The van der Waals surface area contributed by atoms with E-state index in [0.717, 1.165) is 24.3 Å². The summed E-state index contributed by atoms with van der Waals surface area (Å²) in [6.45, 7) is 0. The summed E-state index contributed by atoms with van der Waals surface area (Å²) in [5.74, 6) is 0. The van der Waals surface area contributed by atoms with Gasteiger partial charge in [0.1, 0.15) is 5.15 Å². The van der Waals surface area contributed by atoms with Gasteiger partial charge in [-0.15, -0.1) is 0 Å². The molecular formula is C19H10ClF6N. The smallest absolute Gasteiger partial charge is 0.243 e. The summed E-state index contributed by atoms with van der Waals surface area (Å²) in [6.07, 6.45) is -7.77. The van der Waals surface area contributed by atoms with E-state index < -0.39 is 23.5 Å². The number of pyridine rings is 1. The zero-order valence-electron chi connectivity index (χ0n) is 13.4. The second-order valence-corrected chi connectivity index (χ2v) is 6.08. The molecule has 0 atom stereocenters. The Hall–Kier alpha value is -2.54. The van der Waals surface area contributed by atoms with Crippen molar-refractivity contribution < 1.29 is 26.3 Å². The Balaban J connectivity index is 2.09. The maximum Gasteiger partial charge on any atom is 0.416 e. The molecule has 0 fully saturated rings. The highest BCUT2D eigenvalue weighted by atomic mass is 35.5. The molecule has 0 unspecified atom stereocenters. The van der Waals surface area contributed by atoms with E-state index >= 15 is 0 Å². The molecule has 3 rings (SSSR count). The number of halogens is 7. The van der Waals surface area contributed by atoms with Crippen molar-refractivity contribution in [2.75, 3.05) is 0 Å². The zero-order valence-corrected chi connectivity index (χ0v) is 14.1. The van der Waals surface area contributed by atoms with E-state index in [1.165, 1.54) is 36.5 Å². The van der Waals surface area contributed by atoms with Crippen LogP contribution < -0.4 is 0 Å². The largest absolute Gasteiger partial charge is 0.416 e. The van der Waals surface area contributed by atoms with Crippen LogP contribution in [0.3, 0.4) is 0 Å². The fourth-order valence-corrected chi connectivity index (χ4v) is 2.76. The first-order valence-corrected chi connectivity index (χ1v) is 7.94. The van der Waals surface area contributed by atoms with Crippen LogP contribution >= 0.6 is 11.6 Å². The molecule has 0 spiro atoms. The van der Waals surface area contributed by atoms with Gasteiger partial charge in [0.25, 0.3) is 0 Å². The van der Waals surface area contributed by atoms with Crippen molar-refractivity contribution in [2.45, 2.75) is 12.4 Å². The Morgan fingerprint density at radius 1 is 0.667 bits per heavy atom. The highest BCUT2D eigenvalue weighted by molar-refractivity contribution is 6.32. The quantitative estimate of drug-likeness (QED) is 0.329. The van der Waals surface area contributed by atoms with E-state index in [-0.39, 0.29) is 21.8 Å². The van der Waals surface area contributed by atoms with Crippen molar-refractivity contribution in [3.63, 3.8) is 0 Å². The van der Waals surface area contributed by atoms with E-state index in [1.807, 2.05) is 0 Å². The number of nitrogens with zero attached hydrogens (tertiary/aromatic N) is 1. The molecule has 3 aromatic rings. The van der Waals surface area contributed by atoms with Gasteiger partial charge in [-0.25, -0.2) is 4.98 Å². The number of rotatable bonds is 2. The summed E-state index contributed by atoms with van der Waals surface area (Å²) in [4.78, 5) is 3.92. The third-order valence-corrected chi connectivity index (χ3v) is 4.16. The van der Waals surface area contributed by atoms with E-state index in [9.17, 15) is 26.3 Å². The number of alkyl halides is 6.